The number of aromatic nitrogens is 2. The van der Waals surface area contributed by atoms with Crippen LogP contribution in [0.15, 0.2) is 0 Å². The van der Waals surface area contributed by atoms with E-state index in [1.54, 1.807) is 0 Å². The lowest BCUT2D eigenvalue weighted by molar-refractivity contribution is 0.128. The first-order chi connectivity index (χ1) is 9.21. The van der Waals surface area contributed by atoms with Crippen LogP contribution in [0.25, 0.3) is 0 Å². The van der Waals surface area contributed by atoms with Crippen molar-refractivity contribution >= 4 is 23.0 Å². The summed E-state index contributed by atoms with van der Waals surface area (Å²) in [7, 11) is 1.96. The second-order valence-electron chi connectivity index (χ2n) is 6.42. The Kier molecular flexibility index (Phi) is 4.07. The monoisotopic (exact) mass is 295 g/mol. The quantitative estimate of drug-likeness (QED) is 0.833. The van der Waals surface area contributed by atoms with Gasteiger partial charge in [0.1, 0.15) is 10.8 Å². The van der Waals surface area contributed by atoms with Crippen LogP contribution in [0.4, 0.5) is 5.82 Å². The molecule has 112 valence electrons. The maximum Gasteiger partial charge on any atom is 0.137 e. The van der Waals surface area contributed by atoms with Gasteiger partial charge in [-0.25, -0.2) is 0 Å². The Bertz CT molecular complexity index is 506. The van der Waals surface area contributed by atoms with Gasteiger partial charge in [-0.1, -0.05) is 12.2 Å². The number of aryl methyl sites for hydroxylation is 2. The first-order valence-electron chi connectivity index (χ1n) is 7.05. The summed E-state index contributed by atoms with van der Waals surface area (Å²) in [6.45, 7) is 12.8. The van der Waals surface area contributed by atoms with Crippen molar-refractivity contribution in [3.05, 3.63) is 11.3 Å². The Morgan fingerprint density at radius 3 is 2.20 bits per heavy atom. The molecule has 0 spiro atoms. The Hall–Kier alpha value is -1.14. The molecule has 2 N–H and O–H groups in total. The van der Waals surface area contributed by atoms with Crippen LogP contribution >= 0.6 is 12.2 Å². The summed E-state index contributed by atoms with van der Waals surface area (Å²) in [5.74, 6) is 1.06. The van der Waals surface area contributed by atoms with E-state index in [1.165, 1.54) is 0 Å². The van der Waals surface area contributed by atoms with Gasteiger partial charge in [0.05, 0.1) is 11.3 Å². The van der Waals surface area contributed by atoms with Gasteiger partial charge < -0.3 is 10.6 Å². The summed E-state index contributed by atoms with van der Waals surface area (Å²) >= 11 is 5.19. The van der Waals surface area contributed by atoms with E-state index in [4.69, 9.17) is 18.0 Å². The lowest BCUT2D eigenvalue weighted by Crippen LogP contribution is -2.54. The molecule has 0 aliphatic carbocycles. The normalized spacial score (nSPS) is 17.6. The SMILES string of the molecule is Cc1nn(C)c(N2CCN(C(C)(C)C)CC2)c1C(N)=S. The molecule has 0 atom stereocenters. The fourth-order valence-corrected chi connectivity index (χ4v) is 3.13. The summed E-state index contributed by atoms with van der Waals surface area (Å²) < 4.78 is 1.90. The average Bonchev–Trinajstić information content (AvgIpc) is 2.63. The zero-order valence-corrected chi connectivity index (χ0v) is 13.9. The Morgan fingerprint density at radius 2 is 1.75 bits per heavy atom. The van der Waals surface area contributed by atoms with Gasteiger partial charge in [-0.3, -0.25) is 9.58 Å². The third kappa shape index (κ3) is 2.81. The number of nitrogens with zero attached hydrogens (tertiary/aromatic N) is 4. The molecule has 1 aromatic rings. The number of anilines is 1. The molecule has 1 saturated heterocycles. The Morgan fingerprint density at radius 1 is 1.20 bits per heavy atom. The maximum atomic E-state index is 5.87. The van der Waals surface area contributed by atoms with E-state index in [1.807, 2.05) is 18.7 Å². The molecule has 0 unspecified atom stereocenters. The van der Waals surface area contributed by atoms with Crippen LogP contribution < -0.4 is 10.6 Å². The van der Waals surface area contributed by atoms with Gasteiger partial charge in [-0.15, -0.1) is 0 Å². The van der Waals surface area contributed by atoms with Crippen LogP contribution in [0.2, 0.25) is 0 Å². The topological polar surface area (TPSA) is 50.3 Å². The largest absolute Gasteiger partial charge is 0.389 e. The van der Waals surface area contributed by atoms with Gasteiger partial charge in [0, 0.05) is 38.8 Å². The van der Waals surface area contributed by atoms with Crippen LogP contribution in [0.3, 0.4) is 0 Å². The smallest absolute Gasteiger partial charge is 0.137 e. The minimum absolute atomic E-state index is 0.223. The van der Waals surface area contributed by atoms with Crippen molar-refractivity contribution < 1.29 is 0 Å². The molecule has 0 aromatic carbocycles. The Balaban J connectivity index is 2.21. The number of piperazine rings is 1. The molecule has 1 fully saturated rings. The van der Waals surface area contributed by atoms with E-state index >= 15 is 0 Å². The standard InChI is InChI=1S/C14H25N5S/c1-10-11(12(15)20)13(17(5)16-10)18-6-8-19(9-7-18)14(2,3)4/h6-9H2,1-5H3,(H2,15,20). The Labute approximate surface area is 126 Å². The third-order valence-corrected chi connectivity index (χ3v) is 4.17. The molecule has 6 heteroatoms. The van der Waals surface area contributed by atoms with Crippen molar-refractivity contribution in [1.29, 1.82) is 0 Å². The summed E-state index contributed by atoms with van der Waals surface area (Å²) in [6, 6.07) is 0. The van der Waals surface area contributed by atoms with E-state index < -0.39 is 0 Å². The molecule has 0 amide bonds. The van der Waals surface area contributed by atoms with Gasteiger partial charge in [-0.05, 0) is 27.7 Å². The van der Waals surface area contributed by atoms with Crippen LogP contribution in [-0.4, -0.2) is 51.4 Å². The van der Waals surface area contributed by atoms with Gasteiger partial charge in [0.15, 0.2) is 0 Å². The molecule has 1 aromatic heterocycles. The van der Waals surface area contributed by atoms with Crippen molar-refractivity contribution in [3.8, 4) is 0 Å². The minimum atomic E-state index is 0.223. The summed E-state index contributed by atoms with van der Waals surface area (Å²) in [5, 5.41) is 4.47. The number of rotatable bonds is 2. The molecule has 2 rings (SSSR count). The second kappa shape index (κ2) is 5.33. The fraction of sp³-hybridized carbons (Fsp3) is 0.714. The van der Waals surface area contributed by atoms with E-state index in [0.29, 0.717) is 4.99 Å². The highest BCUT2D eigenvalue weighted by atomic mass is 32.1. The lowest BCUT2D eigenvalue weighted by Gasteiger charge is -2.43. The van der Waals surface area contributed by atoms with Crippen molar-refractivity contribution in [2.75, 3.05) is 31.1 Å². The average molecular weight is 295 g/mol. The van der Waals surface area contributed by atoms with Crippen LogP contribution in [0.1, 0.15) is 32.0 Å². The van der Waals surface area contributed by atoms with E-state index in [-0.39, 0.29) is 5.54 Å². The van der Waals surface area contributed by atoms with Crippen LogP contribution in [0.5, 0.6) is 0 Å². The molecule has 0 radical (unpaired) electrons. The lowest BCUT2D eigenvalue weighted by atomic mass is 10.0. The van der Waals surface area contributed by atoms with E-state index in [0.717, 1.165) is 43.3 Å². The van der Waals surface area contributed by atoms with Crippen molar-refractivity contribution in [3.63, 3.8) is 0 Å². The number of hydrogen-bond donors (Lipinski definition) is 1. The third-order valence-electron chi connectivity index (χ3n) is 3.97. The maximum absolute atomic E-state index is 5.87. The molecular formula is C14H25N5S. The van der Waals surface area contributed by atoms with Gasteiger partial charge >= 0.3 is 0 Å². The molecule has 1 aliphatic heterocycles. The summed E-state index contributed by atoms with van der Waals surface area (Å²) in [6.07, 6.45) is 0. The predicted octanol–water partition coefficient (Wildman–Crippen LogP) is 1.28. The van der Waals surface area contributed by atoms with Crippen LogP contribution in [-0.2, 0) is 7.05 Å². The number of nitrogens with two attached hydrogens (primary N) is 1. The first-order valence-corrected chi connectivity index (χ1v) is 7.46. The molecule has 0 saturated carbocycles. The molecule has 5 nitrogen and oxygen atoms in total. The van der Waals surface area contributed by atoms with Crippen molar-refractivity contribution in [1.82, 2.24) is 14.7 Å². The fourth-order valence-electron chi connectivity index (χ4n) is 2.89. The highest BCUT2D eigenvalue weighted by molar-refractivity contribution is 7.80. The predicted molar refractivity (Wildman–Crippen MR) is 87.4 cm³/mol. The van der Waals surface area contributed by atoms with Gasteiger partial charge in [-0.2, -0.15) is 5.10 Å². The second-order valence-corrected chi connectivity index (χ2v) is 6.86. The molecule has 0 bridgehead atoms. The van der Waals surface area contributed by atoms with Crippen LogP contribution in [0, 0.1) is 6.92 Å². The molecule has 20 heavy (non-hydrogen) atoms. The molecule has 1 aliphatic rings. The van der Waals surface area contributed by atoms with Crippen molar-refractivity contribution in [2.24, 2.45) is 12.8 Å². The number of thiocarbonyl (C=S) groups is 1. The molecular weight excluding hydrogens is 270 g/mol. The van der Waals surface area contributed by atoms with Gasteiger partial charge in [0.2, 0.25) is 0 Å². The number of hydrogen-bond acceptors (Lipinski definition) is 4. The zero-order chi connectivity index (χ0) is 15.1. The minimum Gasteiger partial charge on any atom is -0.389 e. The van der Waals surface area contributed by atoms with E-state index in [2.05, 4.69) is 35.7 Å². The highest BCUT2D eigenvalue weighted by Crippen LogP contribution is 2.25. The highest BCUT2D eigenvalue weighted by Gasteiger charge is 2.29. The van der Waals surface area contributed by atoms with Crippen molar-refractivity contribution in [2.45, 2.75) is 33.2 Å². The first kappa shape index (κ1) is 15.3. The summed E-state index contributed by atoms with van der Waals surface area (Å²) in [5.41, 5.74) is 7.93. The van der Waals surface area contributed by atoms with E-state index in [9.17, 15) is 0 Å². The summed E-state index contributed by atoms with van der Waals surface area (Å²) in [4.78, 5) is 5.29. The zero-order valence-electron chi connectivity index (χ0n) is 13.1. The van der Waals surface area contributed by atoms with Gasteiger partial charge in [0.25, 0.3) is 0 Å². The molecule has 2 heterocycles.